The molecule has 2 aromatic carbocycles. The predicted octanol–water partition coefficient (Wildman–Crippen LogP) is 2.84. The van der Waals surface area contributed by atoms with Gasteiger partial charge in [0.25, 0.3) is 0 Å². The van der Waals surface area contributed by atoms with Gasteiger partial charge >= 0.3 is 0 Å². The fourth-order valence-electron chi connectivity index (χ4n) is 1.95. The van der Waals surface area contributed by atoms with Gasteiger partial charge in [0.1, 0.15) is 0 Å². The third-order valence-corrected chi connectivity index (χ3v) is 2.69. The summed E-state index contributed by atoms with van der Waals surface area (Å²) in [5.74, 6) is 0. The molecule has 0 unspecified atom stereocenters. The van der Waals surface area contributed by atoms with Gasteiger partial charge in [0.05, 0.1) is 6.29 Å². The van der Waals surface area contributed by atoms with Gasteiger partial charge in [-0.2, -0.15) is 0 Å². The summed E-state index contributed by atoms with van der Waals surface area (Å²) in [4.78, 5) is 15.6. The van der Waals surface area contributed by atoms with E-state index in [0.29, 0.717) is 5.56 Å². The van der Waals surface area contributed by atoms with Gasteiger partial charge in [0, 0.05) is 76.5 Å². The Balaban J connectivity index is 0.000000810. The van der Waals surface area contributed by atoms with Crippen molar-refractivity contribution in [1.82, 2.24) is 4.98 Å². The molecule has 82 valence electrons. The van der Waals surface area contributed by atoms with Gasteiger partial charge in [-0.1, -0.05) is 35.0 Å². The molecule has 18 heavy (non-hydrogen) atoms. The van der Waals surface area contributed by atoms with Crippen LogP contribution in [0.3, 0.4) is 0 Å². The molecule has 0 N–H and O–H groups in total. The van der Waals surface area contributed by atoms with Gasteiger partial charge in [-0.15, -0.1) is 17.7 Å². The molecule has 0 aliphatic carbocycles. The summed E-state index contributed by atoms with van der Waals surface area (Å²) in [5, 5.41) is 1.72. The molecule has 0 aliphatic heterocycles. The molecular formula is C14H8NOY2-. The molecular weight excluding hydrogens is 376 g/mol. The van der Waals surface area contributed by atoms with E-state index < -0.39 is 0 Å². The van der Waals surface area contributed by atoms with Crippen molar-refractivity contribution in [2.45, 2.75) is 0 Å². The SMILES string of the molecule is O=[C-]c1c2ccccc2nc2ccccc12.[Y].[Y]. The number of aromatic nitrogens is 1. The van der Waals surface area contributed by atoms with Crippen LogP contribution in [0, 0.1) is 0 Å². The third-order valence-electron chi connectivity index (χ3n) is 2.69. The van der Waals surface area contributed by atoms with E-state index in [-0.39, 0.29) is 65.4 Å². The first-order chi connectivity index (χ1) is 7.90. The van der Waals surface area contributed by atoms with E-state index in [1.54, 1.807) is 0 Å². The van der Waals surface area contributed by atoms with Crippen molar-refractivity contribution in [1.29, 1.82) is 0 Å². The van der Waals surface area contributed by atoms with Gasteiger partial charge in [-0.05, 0) is 12.1 Å². The molecule has 3 rings (SSSR count). The predicted molar refractivity (Wildman–Crippen MR) is 64.0 cm³/mol. The average molecular weight is 384 g/mol. The van der Waals surface area contributed by atoms with Crippen LogP contribution < -0.4 is 0 Å². The normalized spacial score (nSPS) is 9.56. The van der Waals surface area contributed by atoms with Crippen molar-refractivity contribution in [3.8, 4) is 0 Å². The summed E-state index contributed by atoms with van der Waals surface area (Å²) in [6.07, 6.45) is 2.02. The number of benzene rings is 2. The van der Waals surface area contributed by atoms with Crippen LogP contribution in [0.4, 0.5) is 0 Å². The summed E-state index contributed by atoms with van der Waals surface area (Å²) in [7, 11) is 0. The molecule has 4 heteroatoms. The standard InChI is InChI=1S/C14H8NO.2Y/c16-9-12-10-5-1-3-7-13(10)15-14-8-4-2-6-11(12)14;;/h1-8H;;/q-1;;. The number of nitrogens with zero attached hydrogens (tertiary/aromatic N) is 1. The van der Waals surface area contributed by atoms with Gasteiger partial charge in [0.15, 0.2) is 0 Å². The van der Waals surface area contributed by atoms with Crippen molar-refractivity contribution in [3.05, 3.63) is 54.1 Å². The van der Waals surface area contributed by atoms with Crippen molar-refractivity contribution in [2.24, 2.45) is 0 Å². The van der Waals surface area contributed by atoms with Gasteiger partial charge in [-0.3, -0.25) is 4.98 Å². The zero-order valence-electron chi connectivity index (χ0n) is 9.63. The molecule has 0 spiro atoms. The second-order valence-electron chi connectivity index (χ2n) is 3.62. The van der Waals surface area contributed by atoms with E-state index in [1.165, 1.54) is 0 Å². The van der Waals surface area contributed by atoms with Crippen LogP contribution in [0.2, 0.25) is 0 Å². The first kappa shape index (κ1) is 16.0. The van der Waals surface area contributed by atoms with E-state index in [1.807, 2.05) is 54.8 Å². The van der Waals surface area contributed by atoms with Crippen molar-refractivity contribution < 1.29 is 70.2 Å². The van der Waals surface area contributed by atoms with Crippen LogP contribution in [0.15, 0.2) is 48.5 Å². The number of fused-ring (bicyclic) bond motifs is 2. The Morgan fingerprint density at radius 3 is 1.67 bits per heavy atom. The Morgan fingerprint density at radius 1 is 0.778 bits per heavy atom. The average Bonchev–Trinajstić information content (AvgIpc) is 2.36. The molecule has 0 aliphatic rings. The minimum Gasteiger partial charge on any atom is -0.376 e. The quantitative estimate of drug-likeness (QED) is 0.477. The third kappa shape index (κ3) is 2.77. The molecule has 3 aromatic rings. The van der Waals surface area contributed by atoms with Gasteiger partial charge in [-0.25, -0.2) is 0 Å². The molecule has 0 bridgehead atoms. The zero-order valence-corrected chi connectivity index (χ0v) is 15.3. The first-order valence-electron chi connectivity index (χ1n) is 5.06. The van der Waals surface area contributed by atoms with Gasteiger partial charge < -0.3 is 4.79 Å². The molecule has 1 aromatic heterocycles. The maximum absolute atomic E-state index is 11.1. The molecule has 0 saturated heterocycles. The maximum atomic E-state index is 11.1. The molecule has 0 amide bonds. The van der Waals surface area contributed by atoms with Crippen LogP contribution in [-0.4, -0.2) is 11.3 Å². The molecule has 0 atom stereocenters. The second-order valence-corrected chi connectivity index (χ2v) is 3.62. The fraction of sp³-hybridized carbons (Fsp3) is 0. The summed E-state index contributed by atoms with van der Waals surface area (Å²) < 4.78 is 0. The van der Waals surface area contributed by atoms with Crippen molar-refractivity contribution >= 4 is 28.1 Å². The first-order valence-corrected chi connectivity index (χ1v) is 5.06. The Labute approximate surface area is 155 Å². The number of para-hydroxylation sites is 2. The molecule has 0 saturated carbocycles. The largest absolute Gasteiger partial charge is 0.376 e. The summed E-state index contributed by atoms with van der Waals surface area (Å²) >= 11 is 0. The second kappa shape index (κ2) is 6.95. The summed E-state index contributed by atoms with van der Waals surface area (Å²) in [6, 6.07) is 15.2. The molecule has 2 radical (unpaired) electrons. The van der Waals surface area contributed by atoms with E-state index >= 15 is 0 Å². The van der Waals surface area contributed by atoms with E-state index in [2.05, 4.69) is 4.98 Å². The van der Waals surface area contributed by atoms with E-state index in [0.717, 1.165) is 21.8 Å². The molecule has 0 fully saturated rings. The Kier molecular flexibility index (Phi) is 6.20. The monoisotopic (exact) mass is 384 g/mol. The van der Waals surface area contributed by atoms with Crippen LogP contribution in [0.5, 0.6) is 0 Å². The summed E-state index contributed by atoms with van der Waals surface area (Å²) in [6.45, 7) is 0. The topological polar surface area (TPSA) is 30.0 Å². The minimum absolute atomic E-state index is 0. The Hall–Kier alpha value is -0.0122. The van der Waals surface area contributed by atoms with Crippen LogP contribution in [0.1, 0.15) is 5.56 Å². The number of hydrogen-bond donors (Lipinski definition) is 0. The van der Waals surface area contributed by atoms with Gasteiger partial charge in [0.2, 0.25) is 0 Å². The number of carbonyl (C=O) groups excluding carboxylic acids is 1. The minimum atomic E-state index is 0. The van der Waals surface area contributed by atoms with E-state index in [9.17, 15) is 4.79 Å². The van der Waals surface area contributed by atoms with Crippen molar-refractivity contribution in [3.63, 3.8) is 0 Å². The zero-order chi connectivity index (χ0) is 11.0. The maximum Gasteiger partial charge on any atom is 0.0640 e. The number of pyridine rings is 1. The van der Waals surface area contributed by atoms with Crippen molar-refractivity contribution in [2.75, 3.05) is 0 Å². The fourth-order valence-corrected chi connectivity index (χ4v) is 1.95. The molecule has 1 heterocycles. The van der Waals surface area contributed by atoms with Crippen LogP contribution in [-0.2, 0) is 70.2 Å². The smallest absolute Gasteiger partial charge is 0.0640 e. The number of hydrogen-bond acceptors (Lipinski definition) is 2. The molecule has 2 nitrogen and oxygen atoms in total. The van der Waals surface area contributed by atoms with Crippen LogP contribution in [0.25, 0.3) is 21.8 Å². The van der Waals surface area contributed by atoms with E-state index in [4.69, 9.17) is 0 Å². The Bertz CT molecular complexity index is 644. The van der Waals surface area contributed by atoms with Crippen LogP contribution >= 0.6 is 0 Å². The Morgan fingerprint density at radius 2 is 1.22 bits per heavy atom. The number of rotatable bonds is 1. The summed E-state index contributed by atoms with van der Waals surface area (Å²) in [5.41, 5.74) is 2.26.